The molecule has 0 unspecified atom stereocenters. The van der Waals surface area contributed by atoms with Gasteiger partial charge >= 0.3 is 16.4 Å². The first-order valence-corrected chi connectivity index (χ1v) is 9.59. The molecule has 2 aliphatic rings. The van der Waals surface area contributed by atoms with Crippen LogP contribution in [0.2, 0.25) is 0 Å². The van der Waals surface area contributed by atoms with Gasteiger partial charge in [-0.3, -0.25) is 14.3 Å². The summed E-state index contributed by atoms with van der Waals surface area (Å²) in [5.74, 6) is -0.670. The second-order valence-electron chi connectivity index (χ2n) is 6.19. The summed E-state index contributed by atoms with van der Waals surface area (Å²) in [6.07, 6.45) is 0.856. The van der Waals surface area contributed by atoms with Gasteiger partial charge in [0, 0.05) is 19.2 Å². The summed E-state index contributed by atoms with van der Waals surface area (Å²) in [4.78, 5) is 29.5. The number of guanidine groups is 1. The van der Waals surface area contributed by atoms with Crippen LogP contribution in [0.5, 0.6) is 0 Å². The third kappa shape index (κ3) is 4.32. The molecule has 2 saturated heterocycles. The molecular weight excluding hydrogens is 398 g/mol. The van der Waals surface area contributed by atoms with Gasteiger partial charge in [0.25, 0.3) is 5.91 Å². The van der Waals surface area contributed by atoms with Gasteiger partial charge in [-0.2, -0.15) is 13.5 Å². The maximum Gasteiger partial charge on any atom is 0.418 e. The Morgan fingerprint density at radius 1 is 1.46 bits per heavy atom. The van der Waals surface area contributed by atoms with E-state index in [2.05, 4.69) is 19.7 Å². The van der Waals surface area contributed by atoms with E-state index in [4.69, 9.17) is 20.5 Å². The summed E-state index contributed by atoms with van der Waals surface area (Å²) in [7, 11) is -4.82. The zero-order valence-electron chi connectivity index (χ0n) is 14.5. The average molecular weight is 417 g/mol. The molecule has 1 aromatic heterocycles. The summed E-state index contributed by atoms with van der Waals surface area (Å²) in [5.41, 5.74) is 10.7. The van der Waals surface area contributed by atoms with Gasteiger partial charge < -0.3 is 26.2 Å². The van der Waals surface area contributed by atoms with Gasteiger partial charge in [0.05, 0.1) is 18.6 Å². The fourth-order valence-corrected chi connectivity index (χ4v) is 3.52. The van der Waals surface area contributed by atoms with Crippen molar-refractivity contribution in [3.8, 4) is 0 Å². The Hall–Kier alpha value is -2.91. The fraction of sp³-hybridized carbons (Fsp3) is 0.538. The molecule has 3 rings (SSSR count). The summed E-state index contributed by atoms with van der Waals surface area (Å²) in [6, 6.07) is -0.363. The minimum absolute atomic E-state index is 0.0560. The maximum absolute atomic E-state index is 12.4. The lowest BCUT2D eigenvalue weighted by atomic mass is 9.98. The van der Waals surface area contributed by atoms with E-state index in [1.807, 2.05) is 0 Å². The third-order valence-corrected chi connectivity index (χ3v) is 4.63. The molecule has 0 radical (unpaired) electrons. The Balaban J connectivity index is 1.65. The van der Waals surface area contributed by atoms with Crippen molar-refractivity contribution in [2.24, 2.45) is 16.5 Å². The van der Waals surface area contributed by atoms with E-state index in [1.54, 1.807) is 0 Å². The Morgan fingerprint density at radius 2 is 2.21 bits per heavy atom. The zero-order valence-corrected chi connectivity index (χ0v) is 15.3. The van der Waals surface area contributed by atoms with Crippen LogP contribution >= 0.6 is 0 Å². The topological polar surface area (TPSA) is 207 Å². The molecule has 15 heteroatoms. The number of hydroxylamine groups is 2. The number of nitrogens with two attached hydrogens (primary N) is 2. The molecule has 3 heterocycles. The van der Waals surface area contributed by atoms with Gasteiger partial charge in [-0.15, -0.1) is 4.28 Å². The highest BCUT2D eigenvalue weighted by atomic mass is 32.3. The molecule has 3 amide bonds. The monoisotopic (exact) mass is 417 g/mol. The SMILES string of the molecule is NC(N)=NCCNC(=O)c1cc([C@@H]2CC[C@@H]3CN2C(=O)N3OS(=O)(=O)O)no1. The van der Waals surface area contributed by atoms with Crippen LogP contribution in [0, 0.1) is 0 Å². The molecule has 6 N–H and O–H groups in total. The summed E-state index contributed by atoms with van der Waals surface area (Å²) < 4.78 is 40.1. The normalized spacial score (nSPS) is 21.7. The van der Waals surface area contributed by atoms with Crippen molar-refractivity contribution in [2.45, 2.75) is 24.9 Å². The van der Waals surface area contributed by atoms with Gasteiger partial charge in [-0.05, 0) is 12.8 Å². The number of nitrogens with zero attached hydrogens (tertiary/aromatic N) is 4. The number of urea groups is 1. The van der Waals surface area contributed by atoms with E-state index in [0.29, 0.717) is 23.6 Å². The molecule has 2 bridgehead atoms. The Bertz CT molecular complexity index is 895. The highest BCUT2D eigenvalue weighted by molar-refractivity contribution is 7.80. The molecule has 0 spiro atoms. The number of hydrogen-bond acceptors (Lipinski definition) is 8. The van der Waals surface area contributed by atoms with Crippen molar-refractivity contribution in [1.82, 2.24) is 20.4 Å². The molecular formula is C13H19N7O7S. The number of aliphatic imine (C=N–C) groups is 1. The number of amides is 3. The Kier molecular flexibility index (Phi) is 5.39. The lowest BCUT2D eigenvalue weighted by molar-refractivity contribution is -0.0317. The van der Waals surface area contributed by atoms with Crippen LogP contribution in [-0.2, 0) is 14.7 Å². The molecule has 2 aliphatic heterocycles. The number of aromatic nitrogens is 1. The number of nitrogens with one attached hydrogen (secondary N) is 1. The van der Waals surface area contributed by atoms with Crippen molar-refractivity contribution in [3.63, 3.8) is 0 Å². The van der Waals surface area contributed by atoms with Crippen molar-refractivity contribution < 1.29 is 31.4 Å². The van der Waals surface area contributed by atoms with Crippen molar-refractivity contribution >= 4 is 28.3 Å². The Morgan fingerprint density at radius 3 is 2.89 bits per heavy atom. The molecule has 0 aliphatic carbocycles. The third-order valence-electron chi connectivity index (χ3n) is 4.28. The summed E-state index contributed by atoms with van der Waals surface area (Å²) in [5, 5.41) is 7.03. The zero-order chi connectivity index (χ0) is 20.5. The van der Waals surface area contributed by atoms with Crippen molar-refractivity contribution in [2.75, 3.05) is 19.6 Å². The molecule has 2 fully saturated rings. The van der Waals surface area contributed by atoms with Crippen LogP contribution < -0.4 is 16.8 Å². The number of rotatable bonds is 7. The van der Waals surface area contributed by atoms with Gasteiger partial charge in [-0.1, -0.05) is 5.16 Å². The largest absolute Gasteiger partial charge is 0.418 e. The number of carbonyl (C=O) groups excluding carboxylic acids is 2. The first kappa shape index (κ1) is 19.8. The highest BCUT2D eigenvalue weighted by Gasteiger charge is 2.48. The van der Waals surface area contributed by atoms with E-state index < -0.39 is 34.4 Å². The van der Waals surface area contributed by atoms with Crippen LogP contribution in [0.1, 0.15) is 35.1 Å². The van der Waals surface area contributed by atoms with Crippen LogP contribution in [-0.4, -0.2) is 71.7 Å². The number of fused-ring (bicyclic) bond motifs is 2. The van der Waals surface area contributed by atoms with E-state index >= 15 is 0 Å². The lowest BCUT2D eigenvalue weighted by Gasteiger charge is -2.28. The molecule has 14 nitrogen and oxygen atoms in total. The standard InChI is InChI=1S/C13H19N7O7S/c14-12(15)17-4-3-16-11(21)10-5-8(18-26-10)9-2-1-7-6-19(9)13(22)20(7)27-28(23,24)25/h5,7,9H,1-4,6H2,(H,16,21)(H4,14,15,17)(H,23,24,25)/t7-,9+/m1/s1. The molecule has 0 aromatic carbocycles. The van der Waals surface area contributed by atoms with Crippen LogP contribution in [0.4, 0.5) is 4.79 Å². The number of piperidine rings is 1. The predicted molar refractivity (Wildman–Crippen MR) is 91.9 cm³/mol. The number of hydrogen-bond donors (Lipinski definition) is 4. The average Bonchev–Trinajstić information content (AvgIpc) is 3.18. The van der Waals surface area contributed by atoms with Crippen LogP contribution in [0.3, 0.4) is 0 Å². The summed E-state index contributed by atoms with van der Waals surface area (Å²) in [6.45, 7) is 0.571. The second-order valence-corrected chi connectivity index (χ2v) is 7.19. The van der Waals surface area contributed by atoms with E-state index in [9.17, 15) is 18.0 Å². The van der Waals surface area contributed by atoms with E-state index in [0.717, 1.165) is 0 Å². The first-order chi connectivity index (χ1) is 13.2. The van der Waals surface area contributed by atoms with E-state index in [-0.39, 0.29) is 31.4 Å². The van der Waals surface area contributed by atoms with Crippen molar-refractivity contribution in [1.29, 1.82) is 0 Å². The second kappa shape index (κ2) is 7.61. The minimum Gasteiger partial charge on any atom is -0.370 e. The van der Waals surface area contributed by atoms with Gasteiger partial charge in [0.2, 0.25) is 5.76 Å². The van der Waals surface area contributed by atoms with Crippen LogP contribution in [0.15, 0.2) is 15.6 Å². The van der Waals surface area contributed by atoms with Gasteiger partial charge in [0.1, 0.15) is 5.69 Å². The molecule has 28 heavy (non-hydrogen) atoms. The van der Waals surface area contributed by atoms with Crippen molar-refractivity contribution in [3.05, 3.63) is 17.5 Å². The smallest absolute Gasteiger partial charge is 0.370 e. The maximum atomic E-state index is 12.4. The van der Waals surface area contributed by atoms with Gasteiger partial charge in [0.15, 0.2) is 5.96 Å². The van der Waals surface area contributed by atoms with E-state index in [1.165, 1.54) is 11.0 Å². The molecule has 154 valence electrons. The molecule has 1 aromatic rings. The highest BCUT2D eigenvalue weighted by Crippen LogP contribution is 2.38. The number of carbonyl (C=O) groups is 2. The fourth-order valence-electron chi connectivity index (χ4n) is 3.13. The molecule has 2 atom stereocenters. The predicted octanol–water partition coefficient (Wildman–Crippen LogP) is -1.65. The summed E-state index contributed by atoms with van der Waals surface area (Å²) >= 11 is 0. The van der Waals surface area contributed by atoms with Crippen LogP contribution in [0.25, 0.3) is 0 Å². The first-order valence-electron chi connectivity index (χ1n) is 8.23. The van der Waals surface area contributed by atoms with Gasteiger partial charge in [-0.25, -0.2) is 4.79 Å². The Labute approximate surface area is 159 Å². The quantitative estimate of drug-likeness (QED) is 0.172. The molecule has 0 saturated carbocycles. The minimum atomic E-state index is -4.82. The lowest BCUT2D eigenvalue weighted by Crippen LogP contribution is -2.35.